The first kappa shape index (κ1) is 13.9. The molecule has 0 amide bonds. The van der Waals surface area contributed by atoms with Gasteiger partial charge in [-0.05, 0) is 37.5 Å². The highest BCUT2D eigenvalue weighted by Gasteiger charge is 2.13. The Labute approximate surface area is 124 Å². The van der Waals surface area contributed by atoms with E-state index in [-0.39, 0.29) is 0 Å². The molecule has 5 heteroatoms. The molecule has 1 unspecified atom stereocenters. The van der Waals surface area contributed by atoms with Gasteiger partial charge < -0.3 is 19.4 Å². The predicted molar refractivity (Wildman–Crippen MR) is 80.4 cm³/mol. The lowest BCUT2D eigenvalue weighted by Gasteiger charge is -2.13. The molecule has 0 bridgehead atoms. The number of nitrogens with one attached hydrogen (secondary N) is 1. The summed E-state index contributed by atoms with van der Waals surface area (Å²) in [6, 6.07) is 6.61. The maximum absolute atomic E-state index is 5.41. The number of hydrogen-bond donors (Lipinski definition) is 1. The summed E-state index contributed by atoms with van der Waals surface area (Å²) in [7, 11) is 2.02. The van der Waals surface area contributed by atoms with Crippen LogP contribution in [-0.4, -0.2) is 22.4 Å². The van der Waals surface area contributed by atoms with Crippen molar-refractivity contribution in [1.29, 1.82) is 0 Å². The number of imidazole rings is 1. The minimum Gasteiger partial charge on any atom is -0.454 e. The van der Waals surface area contributed by atoms with Gasteiger partial charge in [0.25, 0.3) is 0 Å². The van der Waals surface area contributed by atoms with Gasteiger partial charge in [-0.1, -0.05) is 6.07 Å². The minimum absolute atomic E-state index is 0.334. The Morgan fingerprint density at radius 1 is 1.33 bits per heavy atom. The van der Waals surface area contributed by atoms with E-state index in [1.54, 1.807) is 0 Å². The third-order valence-corrected chi connectivity index (χ3v) is 3.83. The zero-order valence-corrected chi connectivity index (χ0v) is 12.5. The van der Waals surface area contributed by atoms with Crippen molar-refractivity contribution in [2.45, 2.75) is 32.4 Å². The molecule has 3 rings (SSSR count). The van der Waals surface area contributed by atoms with Crippen molar-refractivity contribution in [2.24, 2.45) is 7.05 Å². The number of rotatable bonds is 6. The van der Waals surface area contributed by atoms with E-state index in [9.17, 15) is 0 Å². The Morgan fingerprint density at radius 3 is 3.00 bits per heavy atom. The summed E-state index contributed by atoms with van der Waals surface area (Å²) in [5.41, 5.74) is 1.28. The fourth-order valence-electron chi connectivity index (χ4n) is 2.41. The molecule has 2 aromatic rings. The molecule has 2 heterocycles. The van der Waals surface area contributed by atoms with Crippen molar-refractivity contribution in [3.8, 4) is 11.5 Å². The molecule has 0 spiro atoms. The number of aromatic nitrogens is 2. The van der Waals surface area contributed by atoms with Gasteiger partial charge in [-0.15, -0.1) is 0 Å². The Hall–Kier alpha value is -2.01. The van der Waals surface area contributed by atoms with Crippen molar-refractivity contribution < 1.29 is 9.47 Å². The average Bonchev–Trinajstić information content (AvgIpc) is 3.11. The molecule has 21 heavy (non-hydrogen) atoms. The van der Waals surface area contributed by atoms with E-state index in [1.165, 1.54) is 5.56 Å². The lowest BCUT2D eigenvalue weighted by atomic mass is 10.1. The van der Waals surface area contributed by atoms with E-state index >= 15 is 0 Å². The summed E-state index contributed by atoms with van der Waals surface area (Å²) in [6.45, 7) is 3.34. The quantitative estimate of drug-likeness (QED) is 0.885. The van der Waals surface area contributed by atoms with Crippen molar-refractivity contribution in [3.05, 3.63) is 42.0 Å². The van der Waals surface area contributed by atoms with Gasteiger partial charge >= 0.3 is 0 Å². The van der Waals surface area contributed by atoms with Crippen molar-refractivity contribution in [2.75, 3.05) is 6.79 Å². The molecule has 1 aliphatic rings. The topological polar surface area (TPSA) is 48.3 Å². The van der Waals surface area contributed by atoms with Crippen LogP contribution in [0.4, 0.5) is 0 Å². The zero-order valence-electron chi connectivity index (χ0n) is 12.5. The standard InChI is InChI=1S/C16H21N3O2/c1-12(18-10-16-17-7-8-19(16)2)3-4-13-5-6-14-15(9-13)21-11-20-14/h5-9,12,18H,3-4,10-11H2,1-2H3. The van der Waals surface area contributed by atoms with Crippen LogP contribution in [0.2, 0.25) is 0 Å². The van der Waals surface area contributed by atoms with E-state index in [0.717, 1.165) is 36.7 Å². The van der Waals surface area contributed by atoms with Gasteiger partial charge in [0.05, 0.1) is 6.54 Å². The maximum Gasteiger partial charge on any atom is 0.231 e. The van der Waals surface area contributed by atoms with Gasteiger partial charge in [-0.25, -0.2) is 4.98 Å². The second-order valence-electron chi connectivity index (χ2n) is 5.46. The lowest BCUT2D eigenvalue weighted by molar-refractivity contribution is 0.174. The van der Waals surface area contributed by atoms with Crippen LogP contribution in [0.1, 0.15) is 24.7 Å². The predicted octanol–water partition coefficient (Wildman–Crippen LogP) is 2.26. The van der Waals surface area contributed by atoms with Crippen molar-refractivity contribution in [1.82, 2.24) is 14.9 Å². The molecule has 5 nitrogen and oxygen atoms in total. The second-order valence-corrected chi connectivity index (χ2v) is 5.46. The Balaban J connectivity index is 1.47. The molecular formula is C16H21N3O2. The first-order valence-electron chi connectivity index (χ1n) is 7.30. The molecule has 1 N–H and O–H groups in total. The summed E-state index contributed by atoms with van der Waals surface area (Å²) in [6.07, 6.45) is 5.89. The average molecular weight is 287 g/mol. The molecule has 1 aromatic carbocycles. The first-order chi connectivity index (χ1) is 10.2. The van der Waals surface area contributed by atoms with Crippen LogP contribution in [0.5, 0.6) is 11.5 Å². The van der Waals surface area contributed by atoms with E-state index < -0.39 is 0 Å². The highest BCUT2D eigenvalue weighted by atomic mass is 16.7. The van der Waals surface area contributed by atoms with Gasteiger partial charge in [0, 0.05) is 25.5 Å². The largest absolute Gasteiger partial charge is 0.454 e. The molecule has 0 saturated carbocycles. The SMILES string of the molecule is CC(CCc1ccc2c(c1)OCO2)NCc1nccn1C. The summed E-state index contributed by atoms with van der Waals surface area (Å²) in [4.78, 5) is 4.32. The number of nitrogens with zero attached hydrogens (tertiary/aromatic N) is 2. The second kappa shape index (κ2) is 6.18. The van der Waals surface area contributed by atoms with Crippen LogP contribution in [0.25, 0.3) is 0 Å². The summed E-state index contributed by atoms with van der Waals surface area (Å²) < 4.78 is 12.8. The molecule has 0 saturated heterocycles. The summed E-state index contributed by atoms with van der Waals surface area (Å²) in [5.74, 6) is 2.77. The van der Waals surface area contributed by atoms with Crippen LogP contribution >= 0.6 is 0 Å². The monoisotopic (exact) mass is 287 g/mol. The van der Waals surface area contributed by atoms with Crippen molar-refractivity contribution >= 4 is 0 Å². The molecule has 0 aliphatic carbocycles. The number of benzene rings is 1. The van der Waals surface area contributed by atoms with Crippen LogP contribution in [0, 0.1) is 0 Å². The lowest BCUT2D eigenvalue weighted by Crippen LogP contribution is -2.27. The van der Waals surface area contributed by atoms with Gasteiger partial charge in [0.2, 0.25) is 6.79 Å². The number of fused-ring (bicyclic) bond motifs is 1. The Bertz CT molecular complexity index is 609. The van der Waals surface area contributed by atoms with Crippen molar-refractivity contribution in [3.63, 3.8) is 0 Å². The molecule has 1 aromatic heterocycles. The molecule has 0 radical (unpaired) electrons. The number of ether oxygens (including phenoxy) is 2. The van der Waals surface area contributed by atoms with E-state index in [2.05, 4.69) is 29.4 Å². The van der Waals surface area contributed by atoms with Crippen LogP contribution < -0.4 is 14.8 Å². The molecule has 1 aliphatic heterocycles. The Kier molecular flexibility index (Phi) is 4.10. The fourth-order valence-corrected chi connectivity index (χ4v) is 2.41. The number of hydrogen-bond acceptors (Lipinski definition) is 4. The van der Waals surface area contributed by atoms with Gasteiger partial charge in [0.15, 0.2) is 11.5 Å². The summed E-state index contributed by atoms with van der Waals surface area (Å²) >= 11 is 0. The molecule has 1 atom stereocenters. The number of aryl methyl sites for hydroxylation is 2. The maximum atomic E-state index is 5.41. The van der Waals surface area contributed by atoms with Gasteiger partial charge in [0.1, 0.15) is 5.82 Å². The highest BCUT2D eigenvalue weighted by molar-refractivity contribution is 5.44. The third kappa shape index (κ3) is 3.36. The first-order valence-corrected chi connectivity index (χ1v) is 7.30. The van der Waals surface area contributed by atoms with Crippen LogP contribution in [-0.2, 0) is 20.0 Å². The normalized spacial score (nSPS) is 14.4. The smallest absolute Gasteiger partial charge is 0.231 e. The van der Waals surface area contributed by atoms with Gasteiger partial charge in [-0.3, -0.25) is 0 Å². The molecular weight excluding hydrogens is 266 g/mol. The van der Waals surface area contributed by atoms with E-state index in [0.29, 0.717) is 12.8 Å². The van der Waals surface area contributed by atoms with Crippen LogP contribution in [0.15, 0.2) is 30.6 Å². The van der Waals surface area contributed by atoms with Crippen LogP contribution in [0.3, 0.4) is 0 Å². The van der Waals surface area contributed by atoms with E-state index in [4.69, 9.17) is 9.47 Å². The highest BCUT2D eigenvalue weighted by Crippen LogP contribution is 2.32. The molecule has 112 valence electrons. The van der Waals surface area contributed by atoms with Gasteiger partial charge in [-0.2, -0.15) is 0 Å². The van der Waals surface area contributed by atoms with E-state index in [1.807, 2.05) is 30.1 Å². The Morgan fingerprint density at radius 2 is 2.19 bits per heavy atom. The fraction of sp³-hybridized carbons (Fsp3) is 0.438. The third-order valence-electron chi connectivity index (χ3n) is 3.83. The zero-order chi connectivity index (χ0) is 14.7. The summed E-state index contributed by atoms with van der Waals surface area (Å²) in [5, 5.41) is 3.51. The minimum atomic E-state index is 0.334. The molecule has 0 fully saturated rings.